The molecule has 0 bridgehead atoms. The van der Waals surface area contributed by atoms with Crippen LogP contribution in [0.5, 0.6) is 0 Å². The molecule has 3 heterocycles. The summed E-state index contributed by atoms with van der Waals surface area (Å²) in [5.41, 5.74) is 4.83. The molecule has 7 nitrogen and oxygen atoms in total. The average molecular weight is 539 g/mol. The maximum atomic E-state index is 13.0. The number of amides is 1. The Hall–Kier alpha value is -4.14. The third kappa shape index (κ3) is 4.53. The Morgan fingerprint density at radius 1 is 0.921 bits per heavy atom. The monoisotopic (exact) mass is 538 g/mol. The van der Waals surface area contributed by atoms with Crippen LogP contribution in [0, 0.1) is 0 Å². The highest BCUT2D eigenvalue weighted by Gasteiger charge is 2.18. The lowest BCUT2D eigenvalue weighted by Gasteiger charge is -2.11. The lowest BCUT2D eigenvalue weighted by Crippen LogP contribution is -2.14. The van der Waals surface area contributed by atoms with Crippen molar-refractivity contribution in [2.75, 3.05) is 11.1 Å². The van der Waals surface area contributed by atoms with Gasteiger partial charge in [0.25, 0.3) is 0 Å². The number of benzene rings is 3. The number of thioether (sulfide) groups is 1. The molecule has 0 atom stereocenters. The van der Waals surface area contributed by atoms with Crippen molar-refractivity contribution in [3.05, 3.63) is 96.3 Å². The Morgan fingerprint density at radius 2 is 1.68 bits per heavy atom. The van der Waals surface area contributed by atoms with Crippen LogP contribution in [0.15, 0.2) is 96.4 Å². The van der Waals surface area contributed by atoms with Crippen molar-refractivity contribution >= 4 is 56.8 Å². The van der Waals surface area contributed by atoms with Gasteiger partial charge in [0.15, 0.2) is 11.0 Å². The molecule has 38 heavy (non-hydrogen) atoms. The van der Waals surface area contributed by atoms with Crippen LogP contribution in [0.2, 0.25) is 5.02 Å². The summed E-state index contributed by atoms with van der Waals surface area (Å²) in [6, 6.07) is 25.6. The molecule has 0 aliphatic carbocycles. The van der Waals surface area contributed by atoms with E-state index in [1.807, 2.05) is 59.2 Å². The molecule has 0 aliphatic rings. The molecule has 1 amide bonds. The normalized spacial score (nSPS) is 11.3. The Morgan fingerprint density at radius 3 is 2.47 bits per heavy atom. The fourth-order valence-corrected chi connectivity index (χ4v) is 5.55. The number of nitrogens with one attached hydrogen (secondary N) is 1. The summed E-state index contributed by atoms with van der Waals surface area (Å²) in [5.74, 6) is 0.719. The van der Waals surface area contributed by atoms with Gasteiger partial charge >= 0.3 is 0 Å². The minimum absolute atomic E-state index is 0.121. The van der Waals surface area contributed by atoms with Crippen LogP contribution in [0.25, 0.3) is 38.9 Å². The Labute approximate surface area is 228 Å². The van der Waals surface area contributed by atoms with Gasteiger partial charge in [-0.05, 0) is 67.6 Å². The first-order chi connectivity index (χ1) is 18.6. The molecule has 0 fully saturated rings. The quantitative estimate of drug-likeness (QED) is 0.225. The van der Waals surface area contributed by atoms with Crippen LogP contribution in [0.1, 0.15) is 6.92 Å². The maximum Gasteiger partial charge on any atom is 0.234 e. The number of aryl methyl sites for hydroxylation is 1. The minimum Gasteiger partial charge on any atom is -0.341 e. The fourth-order valence-electron chi connectivity index (χ4n) is 4.67. The van der Waals surface area contributed by atoms with Gasteiger partial charge in [-0.2, -0.15) is 0 Å². The topological polar surface area (TPSA) is 77.6 Å². The van der Waals surface area contributed by atoms with Crippen molar-refractivity contribution in [1.29, 1.82) is 0 Å². The number of hydrogen-bond donors (Lipinski definition) is 1. The molecular formula is C29H23ClN6OS. The van der Waals surface area contributed by atoms with Crippen LogP contribution in [0.3, 0.4) is 0 Å². The van der Waals surface area contributed by atoms with E-state index >= 15 is 0 Å². The first-order valence-electron chi connectivity index (χ1n) is 12.2. The third-order valence-corrected chi connectivity index (χ3v) is 7.54. The van der Waals surface area contributed by atoms with Gasteiger partial charge in [-0.15, -0.1) is 10.2 Å². The van der Waals surface area contributed by atoms with E-state index in [2.05, 4.69) is 56.3 Å². The molecular weight excluding hydrogens is 516 g/mol. The van der Waals surface area contributed by atoms with E-state index < -0.39 is 0 Å². The van der Waals surface area contributed by atoms with Gasteiger partial charge in [0.1, 0.15) is 0 Å². The van der Waals surface area contributed by atoms with Crippen LogP contribution >= 0.6 is 23.4 Å². The molecule has 6 aromatic rings. The largest absolute Gasteiger partial charge is 0.341 e. The molecule has 3 aromatic carbocycles. The van der Waals surface area contributed by atoms with E-state index in [1.54, 1.807) is 12.4 Å². The van der Waals surface area contributed by atoms with Gasteiger partial charge in [0.2, 0.25) is 5.91 Å². The molecule has 0 saturated heterocycles. The molecule has 0 radical (unpaired) electrons. The van der Waals surface area contributed by atoms with Gasteiger partial charge in [-0.1, -0.05) is 41.6 Å². The summed E-state index contributed by atoms with van der Waals surface area (Å²) in [7, 11) is 0. The lowest BCUT2D eigenvalue weighted by atomic mass is 10.1. The van der Waals surface area contributed by atoms with Crippen molar-refractivity contribution in [2.45, 2.75) is 18.6 Å². The van der Waals surface area contributed by atoms with E-state index in [9.17, 15) is 4.79 Å². The Balaban J connectivity index is 1.25. The van der Waals surface area contributed by atoms with Crippen LogP contribution < -0.4 is 5.32 Å². The molecule has 188 valence electrons. The van der Waals surface area contributed by atoms with Crippen LogP contribution in [-0.4, -0.2) is 36.0 Å². The number of pyridine rings is 1. The first-order valence-corrected chi connectivity index (χ1v) is 13.5. The average Bonchev–Trinajstić information content (AvgIpc) is 3.52. The summed E-state index contributed by atoms with van der Waals surface area (Å²) in [6.07, 6.45) is 3.43. The molecule has 0 saturated carbocycles. The van der Waals surface area contributed by atoms with E-state index in [0.717, 1.165) is 34.4 Å². The molecule has 1 N–H and O–H groups in total. The van der Waals surface area contributed by atoms with Gasteiger partial charge in [-0.25, -0.2) is 0 Å². The van der Waals surface area contributed by atoms with Crippen molar-refractivity contribution < 1.29 is 4.79 Å². The van der Waals surface area contributed by atoms with E-state index in [4.69, 9.17) is 11.6 Å². The zero-order chi connectivity index (χ0) is 26.1. The number of aromatic nitrogens is 5. The van der Waals surface area contributed by atoms with Gasteiger partial charge in [-0.3, -0.25) is 14.3 Å². The second-order valence-electron chi connectivity index (χ2n) is 8.68. The van der Waals surface area contributed by atoms with Gasteiger partial charge in [0.05, 0.1) is 5.75 Å². The summed E-state index contributed by atoms with van der Waals surface area (Å²) >= 11 is 7.45. The summed E-state index contributed by atoms with van der Waals surface area (Å²) in [5, 5.41) is 15.4. The molecule has 0 spiro atoms. The predicted molar refractivity (Wildman–Crippen MR) is 154 cm³/mol. The Bertz CT molecular complexity index is 1760. The maximum absolute atomic E-state index is 13.0. The number of nitrogens with zero attached hydrogens (tertiary/aromatic N) is 5. The molecule has 0 aliphatic heterocycles. The number of rotatable bonds is 7. The number of anilines is 1. The fraction of sp³-hybridized carbons (Fsp3) is 0.103. The lowest BCUT2D eigenvalue weighted by molar-refractivity contribution is -0.113. The number of carbonyl (C=O) groups excluding carboxylic acids is 1. The summed E-state index contributed by atoms with van der Waals surface area (Å²) in [6.45, 7) is 3.02. The zero-order valence-electron chi connectivity index (χ0n) is 20.5. The number of fused-ring (bicyclic) bond motifs is 3. The third-order valence-electron chi connectivity index (χ3n) is 6.36. The van der Waals surface area contributed by atoms with E-state index in [-0.39, 0.29) is 11.7 Å². The molecule has 0 unspecified atom stereocenters. The number of halogens is 1. The predicted octanol–water partition coefficient (Wildman–Crippen LogP) is 6.84. The highest BCUT2D eigenvalue weighted by Crippen LogP contribution is 2.32. The van der Waals surface area contributed by atoms with Crippen LogP contribution in [0.4, 0.5) is 5.69 Å². The molecule has 3 aromatic heterocycles. The second kappa shape index (κ2) is 10.3. The highest BCUT2D eigenvalue weighted by atomic mass is 35.5. The van der Waals surface area contributed by atoms with E-state index in [0.29, 0.717) is 16.0 Å². The van der Waals surface area contributed by atoms with E-state index in [1.165, 1.54) is 22.7 Å². The van der Waals surface area contributed by atoms with Crippen molar-refractivity contribution in [2.24, 2.45) is 0 Å². The minimum atomic E-state index is -0.121. The molecule has 9 heteroatoms. The van der Waals surface area contributed by atoms with Gasteiger partial charge < -0.3 is 9.88 Å². The molecule has 6 rings (SSSR count). The summed E-state index contributed by atoms with van der Waals surface area (Å²) < 4.78 is 4.21. The van der Waals surface area contributed by atoms with Crippen molar-refractivity contribution in [3.63, 3.8) is 0 Å². The first kappa shape index (κ1) is 24.2. The summed E-state index contributed by atoms with van der Waals surface area (Å²) in [4.78, 5) is 17.1. The van der Waals surface area contributed by atoms with Crippen molar-refractivity contribution in [1.82, 2.24) is 24.3 Å². The number of carbonyl (C=O) groups is 1. The van der Waals surface area contributed by atoms with Gasteiger partial charge in [0, 0.05) is 62.7 Å². The highest BCUT2D eigenvalue weighted by molar-refractivity contribution is 7.99. The second-order valence-corrected chi connectivity index (χ2v) is 10.1. The smallest absolute Gasteiger partial charge is 0.234 e. The number of hydrogen-bond acceptors (Lipinski definition) is 5. The van der Waals surface area contributed by atoms with Crippen LogP contribution in [-0.2, 0) is 11.3 Å². The number of para-hydroxylation sites is 1. The SMILES string of the molecule is CCn1c2ccccc2c2cc(NC(=O)CSc3nnc(-c4ccncc4)n3-c3ccc(Cl)cc3)ccc21. The Kier molecular flexibility index (Phi) is 6.57. The standard InChI is InChI=1S/C29H23ClN6OS/c1-2-35-25-6-4-3-5-23(25)24-17-21(9-12-26(24)35)32-27(37)18-38-29-34-33-28(19-13-15-31-16-14-19)36(29)22-10-7-20(30)8-11-22/h3-17H,2,18H2,1H3,(H,32,37). The van der Waals surface area contributed by atoms with Crippen molar-refractivity contribution in [3.8, 4) is 17.1 Å². The zero-order valence-corrected chi connectivity index (χ0v) is 22.1.